The van der Waals surface area contributed by atoms with E-state index in [0.29, 0.717) is 54.0 Å². The number of likely N-dealkylation sites (tertiary alicyclic amines) is 1. The zero-order chi connectivity index (χ0) is 30.3. The average Bonchev–Trinajstić information content (AvgIpc) is 3.18. The molecule has 1 aliphatic heterocycles. The zero-order valence-corrected chi connectivity index (χ0v) is 25.8. The van der Waals surface area contributed by atoms with E-state index in [4.69, 9.17) is 14.2 Å². The Morgan fingerprint density at radius 2 is 1.73 bits per heavy atom. The molecule has 1 amide bonds. The van der Waals surface area contributed by atoms with Crippen molar-refractivity contribution in [2.75, 3.05) is 39.9 Å². The van der Waals surface area contributed by atoms with Crippen LogP contribution in [0.1, 0.15) is 70.7 Å². The number of aliphatic hydroxyl groups is 1. The molecule has 0 bridgehead atoms. The van der Waals surface area contributed by atoms with E-state index < -0.39 is 17.7 Å². The molecule has 0 aromatic heterocycles. The van der Waals surface area contributed by atoms with Gasteiger partial charge in [0, 0.05) is 18.7 Å². The van der Waals surface area contributed by atoms with Crippen LogP contribution in [0, 0.1) is 12.8 Å². The molecule has 41 heavy (non-hydrogen) atoms. The van der Waals surface area contributed by atoms with Crippen molar-refractivity contribution in [1.82, 2.24) is 9.80 Å². The third-order valence-corrected chi connectivity index (χ3v) is 7.37. The van der Waals surface area contributed by atoms with Gasteiger partial charge in [-0.1, -0.05) is 33.8 Å². The van der Waals surface area contributed by atoms with E-state index in [1.807, 2.05) is 39.0 Å². The van der Waals surface area contributed by atoms with Crippen LogP contribution in [0.2, 0.25) is 0 Å². The lowest BCUT2D eigenvalue weighted by atomic mass is 9.93. The summed E-state index contributed by atoms with van der Waals surface area (Å²) in [6.07, 6.45) is 0.897. The Morgan fingerprint density at radius 1 is 1.02 bits per heavy atom. The number of methoxy groups -OCH3 is 1. The van der Waals surface area contributed by atoms with Gasteiger partial charge in [-0.2, -0.15) is 0 Å². The van der Waals surface area contributed by atoms with Crippen LogP contribution >= 0.6 is 0 Å². The molecular weight excluding hydrogens is 520 g/mol. The second-order valence-electron chi connectivity index (χ2n) is 11.1. The summed E-state index contributed by atoms with van der Waals surface area (Å²) in [5.41, 5.74) is 1.94. The fraction of sp³-hybridized carbons (Fsp3) is 0.515. The van der Waals surface area contributed by atoms with Crippen molar-refractivity contribution in [3.63, 3.8) is 0 Å². The van der Waals surface area contributed by atoms with E-state index in [0.717, 1.165) is 25.1 Å². The summed E-state index contributed by atoms with van der Waals surface area (Å²) < 4.78 is 17.4. The molecular formula is C33H46N2O6. The number of Topliss-reactive ketones (excluding diaryl/α,β-unsaturated/α-hetero) is 1. The zero-order valence-electron chi connectivity index (χ0n) is 25.8. The Hall–Kier alpha value is -3.52. The first-order valence-electron chi connectivity index (χ1n) is 14.6. The van der Waals surface area contributed by atoms with E-state index >= 15 is 0 Å². The highest BCUT2D eigenvalue weighted by Gasteiger charge is 2.46. The molecule has 0 aliphatic carbocycles. The largest absolute Gasteiger partial charge is 0.507 e. The van der Waals surface area contributed by atoms with Crippen LogP contribution in [0.25, 0.3) is 5.76 Å². The van der Waals surface area contributed by atoms with Crippen LogP contribution in [0.3, 0.4) is 0 Å². The Labute approximate surface area is 244 Å². The fourth-order valence-electron chi connectivity index (χ4n) is 5.02. The third kappa shape index (κ3) is 7.61. The number of hydrogen-bond donors (Lipinski definition) is 1. The van der Waals surface area contributed by atoms with Gasteiger partial charge in [-0.3, -0.25) is 9.59 Å². The molecule has 1 N–H and O–H groups in total. The number of aryl methyl sites for hydroxylation is 1. The van der Waals surface area contributed by atoms with Crippen LogP contribution in [-0.4, -0.2) is 72.6 Å². The average molecular weight is 567 g/mol. The molecule has 1 saturated heterocycles. The van der Waals surface area contributed by atoms with Crippen LogP contribution in [0.5, 0.6) is 17.2 Å². The molecule has 2 aromatic rings. The summed E-state index contributed by atoms with van der Waals surface area (Å²) in [6, 6.07) is 9.98. The summed E-state index contributed by atoms with van der Waals surface area (Å²) in [5, 5.41) is 11.6. The van der Waals surface area contributed by atoms with Crippen LogP contribution in [-0.2, 0) is 9.59 Å². The standard InChI is InChI=1S/C33H46N2O6/c1-9-34(10-2)16-17-35-30(24-11-14-27(28(20-24)39-8)40-18-15-21(3)4)29(32(37)33(35)38)31(36)26-13-12-25(19-23(26)7)41-22(5)6/h11-14,19-22,30,36H,9-10,15-18H2,1-8H3/b31-29+. The van der Waals surface area contributed by atoms with Crippen molar-refractivity contribution in [3.8, 4) is 17.2 Å². The summed E-state index contributed by atoms with van der Waals surface area (Å²) in [6.45, 7) is 17.3. The molecule has 1 heterocycles. The molecule has 1 unspecified atom stereocenters. The number of rotatable bonds is 14. The molecule has 8 nitrogen and oxygen atoms in total. The number of hydrogen-bond acceptors (Lipinski definition) is 7. The first-order valence-corrected chi connectivity index (χ1v) is 14.6. The van der Waals surface area contributed by atoms with E-state index in [9.17, 15) is 14.7 Å². The van der Waals surface area contributed by atoms with Crippen molar-refractivity contribution in [3.05, 3.63) is 58.7 Å². The van der Waals surface area contributed by atoms with Gasteiger partial charge in [0.2, 0.25) is 0 Å². The van der Waals surface area contributed by atoms with Crippen molar-refractivity contribution in [2.45, 2.75) is 67.0 Å². The lowest BCUT2D eigenvalue weighted by Gasteiger charge is -2.28. The highest BCUT2D eigenvalue weighted by atomic mass is 16.5. The van der Waals surface area contributed by atoms with Crippen molar-refractivity contribution >= 4 is 17.4 Å². The van der Waals surface area contributed by atoms with Crippen LogP contribution < -0.4 is 14.2 Å². The highest BCUT2D eigenvalue weighted by Crippen LogP contribution is 2.42. The maximum Gasteiger partial charge on any atom is 0.295 e. The van der Waals surface area contributed by atoms with Crippen molar-refractivity contribution < 1.29 is 28.9 Å². The number of carbonyl (C=O) groups is 2. The SMILES string of the molecule is CCN(CC)CCN1C(=O)C(=O)/C(=C(/O)c2ccc(OC(C)C)cc2C)C1c1ccc(OCCC(C)C)c(OC)c1. The van der Waals surface area contributed by atoms with Gasteiger partial charge in [-0.25, -0.2) is 0 Å². The maximum absolute atomic E-state index is 13.5. The van der Waals surface area contributed by atoms with Gasteiger partial charge in [0.25, 0.3) is 11.7 Å². The lowest BCUT2D eigenvalue weighted by molar-refractivity contribution is -0.140. The first-order chi connectivity index (χ1) is 19.5. The molecule has 0 saturated carbocycles. The van der Waals surface area contributed by atoms with Gasteiger partial charge in [-0.15, -0.1) is 0 Å². The van der Waals surface area contributed by atoms with Gasteiger partial charge >= 0.3 is 0 Å². The minimum atomic E-state index is -0.782. The monoisotopic (exact) mass is 566 g/mol. The molecule has 8 heteroatoms. The number of ether oxygens (including phenoxy) is 3. The Bertz CT molecular complexity index is 1250. The van der Waals surface area contributed by atoms with E-state index in [-0.39, 0.29) is 17.4 Å². The number of amides is 1. The quantitative estimate of drug-likeness (QED) is 0.171. The second-order valence-corrected chi connectivity index (χ2v) is 11.1. The maximum atomic E-state index is 13.5. The summed E-state index contributed by atoms with van der Waals surface area (Å²) >= 11 is 0. The van der Waals surface area contributed by atoms with E-state index in [2.05, 4.69) is 32.6 Å². The number of aliphatic hydroxyl groups excluding tert-OH is 1. The summed E-state index contributed by atoms with van der Waals surface area (Å²) in [7, 11) is 1.57. The summed E-state index contributed by atoms with van der Waals surface area (Å²) in [4.78, 5) is 30.7. The molecule has 224 valence electrons. The van der Waals surface area contributed by atoms with Crippen molar-refractivity contribution in [2.24, 2.45) is 5.92 Å². The fourth-order valence-corrected chi connectivity index (χ4v) is 5.02. The van der Waals surface area contributed by atoms with Crippen LogP contribution in [0.15, 0.2) is 42.0 Å². The van der Waals surface area contributed by atoms with Gasteiger partial charge in [0.1, 0.15) is 11.5 Å². The Morgan fingerprint density at radius 3 is 2.32 bits per heavy atom. The van der Waals surface area contributed by atoms with E-state index in [1.54, 1.807) is 30.2 Å². The molecule has 1 aliphatic rings. The predicted molar refractivity (Wildman–Crippen MR) is 162 cm³/mol. The second kappa shape index (κ2) is 14.4. The Balaban J connectivity index is 2.11. The van der Waals surface area contributed by atoms with Crippen LogP contribution in [0.4, 0.5) is 0 Å². The summed E-state index contributed by atoms with van der Waals surface area (Å²) in [5.74, 6) is 0.731. The molecule has 3 rings (SSSR count). The minimum absolute atomic E-state index is 0.00252. The third-order valence-electron chi connectivity index (χ3n) is 7.37. The lowest BCUT2D eigenvalue weighted by Crippen LogP contribution is -2.38. The Kier molecular flexibility index (Phi) is 11.2. The normalized spacial score (nSPS) is 16.8. The van der Waals surface area contributed by atoms with Gasteiger partial charge < -0.3 is 29.1 Å². The molecule has 1 fully saturated rings. The smallest absolute Gasteiger partial charge is 0.295 e. The number of ketones is 1. The minimum Gasteiger partial charge on any atom is -0.507 e. The van der Waals surface area contributed by atoms with Crippen molar-refractivity contribution in [1.29, 1.82) is 0 Å². The number of likely N-dealkylation sites (N-methyl/N-ethyl adjacent to an activating group) is 1. The highest BCUT2D eigenvalue weighted by molar-refractivity contribution is 6.46. The topological polar surface area (TPSA) is 88.5 Å². The molecule has 1 atom stereocenters. The van der Waals surface area contributed by atoms with Gasteiger partial charge in [0.15, 0.2) is 11.5 Å². The molecule has 0 radical (unpaired) electrons. The number of carbonyl (C=O) groups excluding carboxylic acids is 2. The number of nitrogens with zero attached hydrogens (tertiary/aromatic N) is 2. The van der Waals surface area contributed by atoms with E-state index in [1.165, 1.54) is 0 Å². The number of benzene rings is 2. The van der Waals surface area contributed by atoms with Gasteiger partial charge in [-0.05, 0) is 87.7 Å². The first kappa shape index (κ1) is 32.0. The molecule has 0 spiro atoms. The molecule has 2 aromatic carbocycles. The predicted octanol–water partition coefficient (Wildman–Crippen LogP) is 5.98. The van der Waals surface area contributed by atoms with Gasteiger partial charge in [0.05, 0.1) is 31.4 Å².